The molecular weight excluding hydrogens is 300 g/mol. The number of nitrogens with zero attached hydrogens (tertiary/aromatic N) is 1. The Balaban J connectivity index is 1.44. The molecule has 4 heteroatoms. The van der Waals surface area contributed by atoms with Gasteiger partial charge in [0, 0.05) is 19.7 Å². The number of rotatable bonds is 2. The molecule has 0 aromatic heterocycles. The summed E-state index contributed by atoms with van der Waals surface area (Å²) in [5.41, 5.74) is 4.36. The number of likely N-dealkylation sites (tertiary alicyclic amines) is 1. The van der Waals surface area contributed by atoms with Gasteiger partial charge in [-0.2, -0.15) is 0 Å². The summed E-state index contributed by atoms with van der Waals surface area (Å²) in [5, 5.41) is 12.8. The second-order valence-corrected chi connectivity index (χ2v) is 8.20. The molecule has 1 aliphatic heterocycles. The van der Waals surface area contributed by atoms with Gasteiger partial charge in [-0.1, -0.05) is 25.1 Å². The maximum Gasteiger partial charge on any atom is 0.317 e. The maximum atomic E-state index is 12.7. The molecule has 130 valence electrons. The van der Waals surface area contributed by atoms with Crippen LogP contribution < -0.4 is 5.32 Å². The van der Waals surface area contributed by atoms with Gasteiger partial charge < -0.3 is 15.3 Å². The van der Waals surface area contributed by atoms with E-state index in [1.165, 1.54) is 36.0 Å². The van der Waals surface area contributed by atoms with E-state index in [0.717, 1.165) is 32.4 Å². The van der Waals surface area contributed by atoms with E-state index in [1.54, 1.807) is 0 Å². The number of hydrogen-bond acceptors (Lipinski definition) is 2. The van der Waals surface area contributed by atoms with Crippen LogP contribution in [0.25, 0.3) is 0 Å². The van der Waals surface area contributed by atoms with E-state index in [9.17, 15) is 9.90 Å². The van der Waals surface area contributed by atoms with Gasteiger partial charge in [0.05, 0.1) is 6.04 Å². The quantitative estimate of drug-likeness (QED) is 0.875. The fourth-order valence-electron chi connectivity index (χ4n) is 4.77. The van der Waals surface area contributed by atoms with Crippen molar-refractivity contribution in [3.63, 3.8) is 0 Å². The third-order valence-electron chi connectivity index (χ3n) is 6.47. The second-order valence-electron chi connectivity index (χ2n) is 8.20. The van der Waals surface area contributed by atoms with Crippen LogP contribution in [0.2, 0.25) is 0 Å². The molecule has 4 nitrogen and oxygen atoms in total. The van der Waals surface area contributed by atoms with Crippen LogP contribution in [0.1, 0.15) is 67.7 Å². The first-order chi connectivity index (χ1) is 11.6. The van der Waals surface area contributed by atoms with Gasteiger partial charge >= 0.3 is 6.03 Å². The summed E-state index contributed by atoms with van der Waals surface area (Å²) >= 11 is 0. The smallest absolute Gasteiger partial charge is 0.317 e. The highest BCUT2D eigenvalue weighted by Gasteiger charge is 2.37. The van der Waals surface area contributed by atoms with Gasteiger partial charge in [-0.25, -0.2) is 4.79 Å². The van der Waals surface area contributed by atoms with Crippen molar-refractivity contribution in [2.24, 2.45) is 5.41 Å². The van der Waals surface area contributed by atoms with Crippen molar-refractivity contribution in [1.82, 2.24) is 10.2 Å². The summed E-state index contributed by atoms with van der Waals surface area (Å²) in [7, 11) is 0. The Bertz CT molecular complexity index is 635. The van der Waals surface area contributed by atoms with Crippen LogP contribution in [0, 0.1) is 5.41 Å². The summed E-state index contributed by atoms with van der Waals surface area (Å²) < 4.78 is 0. The van der Waals surface area contributed by atoms with Gasteiger partial charge in [-0.15, -0.1) is 0 Å². The molecule has 0 bridgehead atoms. The number of carbonyl (C=O) groups excluding carboxylic acids is 1. The second kappa shape index (κ2) is 6.07. The van der Waals surface area contributed by atoms with Crippen LogP contribution in [0.4, 0.5) is 4.79 Å². The monoisotopic (exact) mass is 328 g/mol. The summed E-state index contributed by atoms with van der Waals surface area (Å²) in [6.45, 7) is 3.80. The highest BCUT2D eigenvalue weighted by molar-refractivity contribution is 5.75. The Hall–Kier alpha value is -1.55. The highest BCUT2D eigenvalue weighted by Crippen LogP contribution is 2.47. The van der Waals surface area contributed by atoms with E-state index >= 15 is 0 Å². The molecule has 3 aliphatic rings. The Kier molecular flexibility index (Phi) is 4.03. The predicted octanol–water partition coefficient (Wildman–Crippen LogP) is 3.36. The lowest BCUT2D eigenvalue weighted by atomic mass is 9.81. The van der Waals surface area contributed by atoms with Gasteiger partial charge in [0.25, 0.3) is 0 Å². The molecular formula is C20H28N2O2. The molecule has 1 heterocycles. The van der Waals surface area contributed by atoms with E-state index < -0.39 is 0 Å². The van der Waals surface area contributed by atoms with Crippen LogP contribution in [0.15, 0.2) is 18.2 Å². The molecule has 1 saturated heterocycles. The molecule has 0 saturated carbocycles. The van der Waals surface area contributed by atoms with E-state index in [0.29, 0.717) is 5.92 Å². The Morgan fingerprint density at radius 2 is 2.17 bits per heavy atom. The van der Waals surface area contributed by atoms with E-state index in [2.05, 4.69) is 30.4 Å². The minimum Gasteiger partial charge on any atom is -0.396 e. The molecule has 2 atom stereocenters. The molecule has 1 aromatic rings. The molecule has 1 aromatic carbocycles. The van der Waals surface area contributed by atoms with Gasteiger partial charge in [-0.3, -0.25) is 0 Å². The molecule has 2 N–H and O–H groups in total. The van der Waals surface area contributed by atoms with E-state index in [1.807, 2.05) is 4.90 Å². The summed E-state index contributed by atoms with van der Waals surface area (Å²) in [5.74, 6) is 0.634. The summed E-state index contributed by atoms with van der Waals surface area (Å²) in [6, 6.07) is 6.84. The lowest BCUT2D eigenvalue weighted by molar-refractivity contribution is 0.0694. The lowest BCUT2D eigenvalue weighted by Gasteiger charge is -2.38. The van der Waals surface area contributed by atoms with Crippen LogP contribution in [-0.4, -0.2) is 35.7 Å². The zero-order chi connectivity index (χ0) is 16.7. The van der Waals surface area contributed by atoms with Crippen molar-refractivity contribution in [3.05, 3.63) is 34.9 Å². The number of aryl methyl sites for hydroxylation is 1. The van der Waals surface area contributed by atoms with Gasteiger partial charge in [0.15, 0.2) is 0 Å². The fraction of sp³-hybridized carbons (Fsp3) is 0.650. The Morgan fingerprint density at radius 1 is 1.38 bits per heavy atom. The van der Waals surface area contributed by atoms with Crippen molar-refractivity contribution < 1.29 is 9.90 Å². The standard InChI is InChI=1S/C20H28N2O2/c1-20(13-23)8-10-22(11-9-20)19(24)21-17-12-15-6-2-4-14-5-3-7-16(17)18(14)15/h3,5,7,15,17,23H,2,4,6,8-13H2,1H3,(H,21,24). The first-order valence-corrected chi connectivity index (χ1v) is 9.38. The van der Waals surface area contributed by atoms with Gasteiger partial charge in [0.2, 0.25) is 0 Å². The van der Waals surface area contributed by atoms with Gasteiger partial charge in [-0.05, 0) is 66.5 Å². The Labute approximate surface area is 144 Å². The predicted molar refractivity (Wildman–Crippen MR) is 94.0 cm³/mol. The van der Waals surface area contributed by atoms with Crippen molar-refractivity contribution in [1.29, 1.82) is 0 Å². The topological polar surface area (TPSA) is 52.6 Å². The molecule has 4 rings (SSSR count). The van der Waals surface area contributed by atoms with Gasteiger partial charge in [0.1, 0.15) is 0 Å². The zero-order valence-corrected chi connectivity index (χ0v) is 14.6. The molecule has 2 amide bonds. The average Bonchev–Trinajstić information content (AvgIpc) is 2.95. The normalized spacial score (nSPS) is 27.7. The minimum absolute atomic E-state index is 0.0184. The molecule has 0 radical (unpaired) electrons. The number of aliphatic hydroxyl groups is 1. The van der Waals surface area contributed by atoms with Crippen LogP contribution >= 0.6 is 0 Å². The van der Waals surface area contributed by atoms with Crippen LogP contribution in [0.5, 0.6) is 0 Å². The molecule has 2 aliphatic carbocycles. The SMILES string of the molecule is CC1(CO)CCN(C(=O)NC2CC3CCCc4cccc2c43)CC1. The van der Waals surface area contributed by atoms with Crippen LogP contribution in [0.3, 0.4) is 0 Å². The maximum absolute atomic E-state index is 12.7. The number of hydrogen-bond donors (Lipinski definition) is 2. The number of benzene rings is 1. The van der Waals surface area contributed by atoms with Crippen molar-refractivity contribution in [3.8, 4) is 0 Å². The highest BCUT2D eigenvalue weighted by atomic mass is 16.3. The molecule has 24 heavy (non-hydrogen) atoms. The first kappa shape index (κ1) is 15.9. The average molecular weight is 328 g/mol. The Morgan fingerprint density at radius 3 is 2.92 bits per heavy atom. The molecule has 2 unspecified atom stereocenters. The number of urea groups is 1. The molecule has 0 spiro atoms. The third kappa shape index (κ3) is 2.71. The number of aliphatic hydroxyl groups excluding tert-OH is 1. The lowest BCUT2D eigenvalue weighted by Crippen LogP contribution is -2.48. The first-order valence-electron chi connectivity index (χ1n) is 9.38. The number of amides is 2. The largest absolute Gasteiger partial charge is 0.396 e. The third-order valence-corrected chi connectivity index (χ3v) is 6.47. The van der Waals surface area contributed by atoms with E-state index in [4.69, 9.17) is 0 Å². The fourth-order valence-corrected chi connectivity index (χ4v) is 4.77. The van der Waals surface area contributed by atoms with Crippen LogP contribution in [-0.2, 0) is 6.42 Å². The van der Waals surface area contributed by atoms with Crippen molar-refractivity contribution in [2.45, 2.75) is 57.4 Å². The van der Waals surface area contributed by atoms with Crippen molar-refractivity contribution in [2.75, 3.05) is 19.7 Å². The summed E-state index contributed by atoms with van der Waals surface area (Å²) in [4.78, 5) is 14.6. The zero-order valence-electron chi connectivity index (χ0n) is 14.6. The van der Waals surface area contributed by atoms with Crippen molar-refractivity contribution >= 4 is 6.03 Å². The number of carbonyl (C=O) groups is 1. The number of nitrogens with one attached hydrogen (secondary N) is 1. The summed E-state index contributed by atoms with van der Waals surface area (Å²) in [6.07, 6.45) is 6.53. The molecule has 1 fully saturated rings. The minimum atomic E-state index is -0.0184. The van der Waals surface area contributed by atoms with E-state index in [-0.39, 0.29) is 24.1 Å². The number of piperidine rings is 1.